The zero-order chi connectivity index (χ0) is 24.2. The van der Waals surface area contributed by atoms with Crippen LogP contribution in [0.3, 0.4) is 0 Å². The fraction of sp³-hybridized carbons (Fsp3) is 0.296. The van der Waals surface area contributed by atoms with Crippen LogP contribution in [0.4, 0.5) is 5.69 Å². The molecule has 1 heterocycles. The summed E-state index contributed by atoms with van der Waals surface area (Å²) >= 11 is 6.44. The van der Waals surface area contributed by atoms with Crippen LogP contribution in [0, 0.1) is 0 Å². The van der Waals surface area contributed by atoms with Crippen LogP contribution in [-0.2, 0) is 11.2 Å². The number of ether oxygens (including phenoxy) is 4. The molecule has 3 aromatic carbocycles. The van der Waals surface area contributed by atoms with E-state index in [2.05, 4.69) is 0 Å². The van der Waals surface area contributed by atoms with Crippen LogP contribution in [0.5, 0.6) is 23.0 Å². The number of carbonyl (C=O) groups is 1. The fourth-order valence-electron chi connectivity index (χ4n) is 4.31. The van der Waals surface area contributed by atoms with Gasteiger partial charge in [-0.3, -0.25) is 4.79 Å². The molecule has 0 aliphatic carbocycles. The lowest BCUT2D eigenvalue weighted by Gasteiger charge is -2.38. The molecule has 0 N–H and O–H groups in total. The number of halogens is 1. The highest BCUT2D eigenvalue weighted by Gasteiger charge is 2.36. The molecule has 6 nitrogen and oxygen atoms in total. The molecule has 0 spiro atoms. The van der Waals surface area contributed by atoms with Crippen molar-refractivity contribution in [2.45, 2.75) is 26.3 Å². The minimum Gasteiger partial charge on any atom is -0.497 e. The highest BCUT2D eigenvalue weighted by molar-refractivity contribution is 6.32. The minimum absolute atomic E-state index is 0.0406. The van der Waals surface area contributed by atoms with E-state index in [-0.39, 0.29) is 18.4 Å². The van der Waals surface area contributed by atoms with Crippen LogP contribution in [0.1, 0.15) is 36.6 Å². The summed E-state index contributed by atoms with van der Waals surface area (Å²) in [5.41, 5.74) is 3.51. The molecule has 0 unspecified atom stereocenters. The smallest absolute Gasteiger partial charge is 0.232 e. The Balaban J connectivity index is 1.91. The van der Waals surface area contributed by atoms with Gasteiger partial charge in [0.2, 0.25) is 5.91 Å². The second kappa shape index (κ2) is 10.3. The van der Waals surface area contributed by atoms with E-state index in [9.17, 15) is 4.79 Å². The van der Waals surface area contributed by atoms with Crippen molar-refractivity contribution in [3.8, 4) is 23.0 Å². The Morgan fingerprint density at radius 2 is 1.56 bits per heavy atom. The van der Waals surface area contributed by atoms with Crippen LogP contribution < -0.4 is 23.8 Å². The molecular formula is C27H28ClNO5. The first kappa shape index (κ1) is 23.8. The van der Waals surface area contributed by atoms with E-state index >= 15 is 0 Å². The molecule has 3 aromatic rings. The Morgan fingerprint density at radius 3 is 2.15 bits per heavy atom. The number of nitrogens with zero attached hydrogens (tertiary/aromatic N) is 1. The predicted molar refractivity (Wildman–Crippen MR) is 133 cm³/mol. The molecule has 34 heavy (non-hydrogen) atoms. The molecule has 0 bridgehead atoms. The van der Waals surface area contributed by atoms with Crippen molar-refractivity contribution < 1.29 is 23.7 Å². The molecule has 1 aliphatic rings. The van der Waals surface area contributed by atoms with E-state index in [1.165, 1.54) is 0 Å². The first-order chi connectivity index (χ1) is 16.5. The van der Waals surface area contributed by atoms with Gasteiger partial charge in [0, 0.05) is 5.69 Å². The number of hydrogen-bond donors (Lipinski definition) is 0. The molecule has 178 valence electrons. The molecule has 0 aromatic heterocycles. The molecule has 4 rings (SSSR count). The van der Waals surface area contributed by atoms with Crippen molar-refractivity contribution in [3.63, 3.8) is 0 Å². The van der Waals surface area contributed by atoms with Gasteiger partial charge in [-0.2, -0.15) is 0 Å². The number of amides is 1. The van der Waals surface area contributed by atoms with Gasteiger partial charge < -0.3 is 23.8 Å². The fourth-order valence-corrected chi connectivity index (χ4v) is 4.56. The van der Waals surface area contributed by atoms with Gasteiger partial charge in [0.25, 0.3) is 0 Å². The number of anilines is 1. The summed E-state index contributed by atoms with van der Waals surface area (Å²) < 4.78 is 22.4. The quantitative estimate of drug-likeness (QED) is 0.405. The molecule has 1 aliphatic heterocycles. The first-order valence-electron chi connectivity index (χ1n) is 11.2. The molecule has 1 atom stereocenters. The van der Waals surface area contributed by atoms with Crippen LogP contribution in [0.15, 0.2) is 54.6 Å². The molecule has 0 saturated heterocycles. The second-order valence-corrected chi connectivity index (χ2v) is 8.21. The average Bonchev–Trinajstić information content (AvgIpc) is 2.84. The minimum atomic E-state index is -0.387. The van der Waals surface area contributed by atoms with Crippen LogP contribution >= 0.6 is 11.6 Å². The third kappa shape index (κ3) is 4.50. The standard InChI is InChI=1S/C27H28ClNO5/c1-5-33-24-13-18-14-26(30)29(19-9-12-23(32-4)22(28)15-19)27(21(18)16-25(24)34-6-2)17-7-10-20(31-3)11-8-17/h7-13,15-16,27H,5-6,14H2,1-4H3/t27-/m1/s1. The van der Waals surface area contributed by atoms with E-state index < -0.39 is 0 Å². The summed E-state index contributed by atoms with van der Waals surface area (Å²) in [6.45, 7) is 4.87. The number of benzene rings is 3. The first-order valence-corrected chi connectivity index (χ1v) is 11.6. The number of fused-ring (bicyclic) bond motifs is 1. The Kier molecular flexibility index (Phi) is 7.17. The Labute approximate surface area is 205 Å². The van der Waals surface area contributed by atoms with E-state index in [0.29, 0.717) is 41.2 Å². The van der Waals surface area contributed by atoms with Gasteiger partial charge in [-0.1, -0.05) is 23.7 Å². The lowest BCUT2D eigenvalue weighted by atomic mass is 9.86. The van der Waals surface area contributed by atoms with E-state index in [0.717, 1.165) is 22.4 Å². The molecular weight excluding hydrogens is 454 g/mol. The van der Waals surface area contributed by atoms with Crippen molar-refractivity contribution in [3.05, 3.63) is 76.3 Å². The van der Waals surface area contributed by atoms with E-state index in [1.807, 2.05) is 56.3 Å². The van der Waals surface area contributed by atoms with E-state index in [1.54, 1.807) is 31.3 Å². The third-order valence-electron chi connectivity index (χ3n) is 5.81. The normalized spacial score (nSPS) is 15.0. The maximum atomic E-state index is 13.6. The molecule has 7 heteroatoms. The number of methoxy groups -OCH3 is 2. The summed E-state index contributed by atoms with van der Waals surface area (Å²) in [6, 6.07) is 16.6. The summed E-state index contributed by atoms with van der Waals surface area (Å²) in [5, 5.41) is 0.439. The van der Waals surface area contributed by atoms with E-state index in [4.69, 9.17) is 30.5 Å². The maximum Gasteiger partial charge on any atom is 0.232 e. The third-order valence-corrected chi connectivity index (χ3v) is 6.11. The van der Waals surface area contributed by atoms with Gasteiger partial charge in [-0.15, -0.1) is 0 Å². The van der Waals surface area contributed by atoms with Crippen LogP contribution in [-0.4, -0.2) is 33.3 Å². The zero-order valence-electron chi connectivity index (χ0n) is 19.8. The summed E-state index contributed by atoms with van der Waals surface area (Å²) in [5.74, 6) is 2.55. The topological polar surface area (TPSA) is 57.2 Å². The Hall–Kier alpha value is -3.38. The summed E-state index contributed by atoms with van der Waals surface area (Å²) in [6.07, 6.45) is 0.234. The lowest BCUT2D eigenvalue weighted by Crippen LogP contribution is -2.41. The van der Waals surface area contributed by atoms with Gasteiger partial charge in [0.1, 0.15) is 11.5 Å². The molecule has 1 amide bonds. The average molecular weight is 482 g/mol. The summed E-state index contributed by atoms with van der Waals surface area (Å²) in [4.78, 5) is 15.3. The van der Waals surface area contributed by atoms with Gasteiger partial charge in [0.15, 0.2) is 11.5 Å². The molecule has 0 fully saturated rings. The maximum absolute atomic E-state index is 13.6. The second-order valence-electron chi connectivity index (χ2n) is 7.80. The van der Waals surface area contributed by atoms with Crippen molar-refractivity contribution in [1.82, 2.24) is 0 Å². The largest absolute Gasteiger partial charge is 0.497 e. The summed E-state index contributed by atoms with van der Waals surface area (Å²) in [7, 11) is 3.19. The number of carbonyl (C=O) groups excluding carboxylic acids is 1. The monoisotopic (exact) mass is 481 g/mol. The Bertz CT molecular complexity index is 1180. The SMILES string of the molecule is CCOc1cc2c(cc1OCC)[C@@H](c1ccc(OC)cc1)N(c1ccc(OC)c(Cl)c1)C(=O)C2. The van der Waals surface area contributed by atoms with Crippen molar-refractivity contribution in [2.24, 2.45) is 0 Å². The van der Waals surface area contributed by atoms with Crippen molar-refractivity contribution in [2.75, 3.05) is 32.3 Å². The molecule has 0 radical (unpaired) electrons. The molecule has 0 saturated carbocycles. The number of hydrogen-bond acceptors (Lipinski definition) is 5. The van der Waals surface area contributed by atoms with Gasteiger partial charge in [-0.25, -0.2) is 0 Å². The van der Waals surface area contributed by atoms with Gasteiger partial charge in [0.05, 0.1) is 44.9 Å². The van der Waals surface area contributed by atoms with Crippen LogP contribution in [0.2, 0.25) is 5.02 Å². The van der Waals surface area contributed by atoms with Crippen molar-refractivity contribution >= 4 is 23.2 Å². The highest BCUT2D eigenvalue weighted by atomic mass is 35.5. The number of rotatable bonds is 8. The zero-order valence-corrected chi connectivity index (χ0v) is 20.5. The Morgan fingerprint density at radius 1 is 0.882 bits per heavy atom. The lowest BCUT2D eigenvalue weighted by molar-refractivity contribution is -0.118. The highest BCUT2D eigenvalue weighted by Crippen LogP contribution is 2.44. The van der Waals surface area contributed by atoms with Crippen LogP contribution in [0.25, 0.3) is 0 Å². The van der Waals surface area contributed by atoms with Gasteiger partial charge >= 0.3 is 0 Å². The predicted octanol–water partition coefficient (Wildman–Crippen LogP) is 5.83. The van der Waals surface area contributed by atoms with Gasteiger partial charge in [-0.05, 0) is 73.0 Å². The van der Waals surface area contributed by atoms with Crippen molar-refractivity contribution in [1.29, 1.82) is 0 Å².